The number of aliphatic hydroxyl groups is 1. The third-order valence-corrected chi connectivity index (χ3v) is 7.22. The maximum absolute atomic E-state index is 15.3. The van der Waals surface area contributed by atoms with E-state index in [2.05, 4.69) is 15.6 Å². The fourth-order valence-electron chi connectivity index (χ4n) is 4.68. The van der Waals surface area contributed by atoms with E-state index in [0.717, 1.165) is 38.6 Å². The van der Waals surface area contributed by atoms with Gasteiger partial charge in [0.1, 0.15) is 17.1 Å². The summed E-state index contributed by atoms with van der Waals surface area (Å²) >= 11 is 0. The van der Waals surface area contributed by atoms with E-state index in [9.17, 15) is 19.5 Å². The number of rotatable bonds is 9. The molecule has 0 spiro atoms. The second-order valence-corrected chi connectivity index (χ2v) is 9.89. The monoisotopic (exact) mass is 560 g/mol. The van der Waals surface area contributed by atoms with Gasteiger partial charge in [-0.05, 0) is 72.4 Å². The summed E-state index contributed by atoms with van der Waals surface area (Å²) in [6.07, 6.45) is 1.11. The first kappa shape index (κ1) is 29.4. The van der Waals surface area contributed by atoms with Crippen LogP contribution >= 0.6 is 0 Å². The zero-order valence-corrected chi connectivity index (χ0v) is 23.6. The molecule has 0 bridgehead atoms. The van der Waals surface area contributed by atoms with Crippen LogP contribution in [0.4, 0.5) is 10.1 Å². The third-order valence-electron chi connectivity index (χ3n) is 7.22. The molecule has 0 fully saturated rings. The van der Waals surface area contributed by atoms with Gasteiger partial charge in [-0.25, -0.2) is 9.18 Å². The van der Waals surface area contributed by atoms with Gasteiger partial charge in [-0.1, -0.05) is 30.3 Å². The molecule has 0 radical (unpaired) electrons. The van der Waals surface area contributed by atoms with Gasteiger partial charge in [0.05, 0.1) is 13.7 Å². The van der Waals surface area contributed by atoms with Crippen LogP contribution in [-0.2, 0) is 13.6 Å². The molecule has 41 heavy (non-hydrogen) atoms. The van der Waals surface area contributed by atoms with Crippen molar-refractivity contribution in [3.63, 3.8) is 0 Å². The third kappa shape index (κ3) is 5.98. The van der Waals surface area contributed by atoms with Crippen LogP contribution in [0.25, 0.3) is 22.3 Å². The van der Waals surface area contributed by atoms with E-state index in [0.29, 0.717) is 22.6 Å². The number of aliphatic hydroxyl groups excluding tert-OH is 1. The molecular formula is C31H33FN4O5. The minimum atomic E-state index is -0.698. The molecule has 0 saturated carbocycles. The Balaban J connectivity index is 1.70. The number of aromatic amines is 1. The SMILES string of the molecule is COc1cc(-c2cccc(-c3cccc(NC(=O)c4c[nH]c(=O)n(C)c4=O)c3C)c2C)cc(F)c1CN[C@@H](C)CO. The van der Waals surface area contributed by atoms with E-state index in [1.165, 1.54) is 20.2 Å². The maximum Gasteiger partial charge on any atom is 0.328 e. The lowest BCUT2D eigenvalue weighted by Gasteiger charge is -2.18. The Morgan fingerprint density at radius 2 is 1.73 bits per heavy atom. The highest BCUT2D eigenvalue weighted by atomic mass is 19.1. The zero-order chi connectivity index (χ0) is 29.8. The fourth-order valence-corrected chi connectivity index (χ4v) is 4.68. The van der Waals surface area contributed by atoms with E-state index >= 15 is 4.39 Å². The van der Waals surface area contributed by atoms with Crippen LogP contribution in [0, 0.1) is 19.7 Å². The van der Waals surface area contributed by atoms with Crippen molar-refractivity contribution in [3.8, 4) is 28.0 Å². The number of methoxy groups -OCH3 is 1. The van der Waals surface area contributed by atoms with Gasteiger partial charge in [0, 0.05) is 37.1 Å². The number of halogens is 1. The van der Waals surface area contributed by atoms with E-state index in [4.69, 9.17) is 4.74 Å². The van der Waals surface area contributed by atoms with Crippen molar-refractivity contribution in [1.29, 1.82) is 0 Å². The lowest BCUT2D eigenvalue weighted by molar-refractivity contribution is 0.102. The number of benzene rings is 3. The first-order chi connectivity index (χ1) is 19.6. The number of carbonyl (C=O) groups is 1. The number of nitrogens with zero attached hydrogens (tertiary/aromatic N) is 1. The summed E-state index contributed by atoms with van der Waals surface area (Å²) in [5.41, 5.74) is 4.25. The molecule has 10 heteroatoms. The second-order valence-electron chi connectivity index (χ2n) is 9.89. The summed E-state index contributed by atoms with van der Waals surface area (Å²) in [5.74, 6) is -0.661. The maximum atomic E-state index is 15.3. The first-order valence-corrected chi connectivity index (χ1v) is 13.1. The number of hydrogen-bond donors (Lipinski definition) is 4. The molecule has 0 aliphatic rings. The molecule has 0 aliphatic carbocycles. The smallest absolute Gasteiger partial charge is 0.328 e. The van der Waals surface area contributed by atoms with Crippen LogP contribution in [-0.4, -0.2) is 40.3 Å². The molecule has 0 saturated heterocycles. The van der Waals surface area contributed by atoms with Gasteiger partial charge in [0.2, 0.25) is 0 Å². The number of hydrogen-bond acceptors (Lipinski definition) is 6. The molecule has 4 N–H and O–H groups in total. The van der Waals surface area contributed by atoms with Crippen LogP contribution in [0.2, 0.25) is 0 Å². The van der Waals surface area contributed by atoms with Crippen molar-refractivity contribution in [2.45, 2.75) is 33.4 Å². The molecule has 1 atom stereocenters. The van der Waals surface area contributed by atoms with Gasteiger partial charge in [-0.3, -0.25) is 14.2 Å². The van der Waals surface area contributed by atoms with Crippen LogP contribution in [0.3, 0.4) is 0 Å². The normalized spacial score (nSPS) is 11.8. The second kappa shape index (κ2) is 12.3. The number of ether oxygens (including phenoxy) is 1. The molecule has 9 nitrogen and oxygen atoms in total. The Hall–Kier alpha value is -4.54. The molecule has 4 aromatic rings. The van der Waals surface area contributed by atoms with E-state index < -0.39 is 23.0 Å². The molecule has 1 aromatic heterocycles. The number of anilines is 1. The fraction of sp³-hybridized carbons (Fsp3) is 0.258. The Labute approximate surface area is 236 Å². The minimum Gasteiger partial charge on any atom is -0.496 e. The quantitative estimate of drug-likeness (QED) is 0.246. The van der Waals surface area contributed by atoms with Crippen molar-refractivity contribution in [2.24, 2.45) is 7.05 Å². The van der Waals surface area contributed by atoms with Crippen molar-refractivity contribution in [2.75, 3.05) is 19.0 Å². The van der Waals surface area contributed by atoms with E-state index in [-0.39, 0.29) is 24.8 Å². The highest BCUT2D eigenvalue weighted by molar-refractivity contribution is 6.04. The predicted molar refractivity (Wildman–Crippen MR) is 157 cm³/mol. The van der Waals surface area contributed by atoms with Crippen molar-refractivity contribution in [3.05, 3.63) is 104 Å². The molecule has 1 heterocycles. The summed E-state index contributed by atoms with van der Waals surface area (Å²) < 4.78 is 21.6. The van der Waals surface area contributed by atoms with Gasteiger partial charge in [0.15, 0.2) is 0 Å². The predicted octanol–water partition coefficient (Wildman–Crippen LogP) is 3.89. The largest absolute Gasteiger partial charge is 0.496 e. The van der Waals surface area contributed by atoms with Gasteiger partial charge in [-0.2, -0.15) is 0 Å². The van der Waals surface area contributed by atoms with E-state index in [1.54, 1.807) is 25.1 Å². The summed E-state index contributed by atoms with van der Waals surface area (Å²) in [6, 6.07) is 14.3. The molecule has 3 aromatic carbocycles. The molecular weight excluding hydrogens is 527 g/mol. The van der Waals surface area contributed by atoms with Crippen molar-refractivity contribution < 1.29 is 19.0 Å². The summed E-state index contributed by atoms with van der Waals surface area (Å²) in [5, 5.41) is 15.1. The minimum absolute atomic E-state index is 0.0656. The Bertz CT molecular complexity index is 1730. The Morgan fingerprint density at radius 1 is 1.07 bits per heavy atom. The topological polar surface area (TPSA) is 125 Å². The molecule has 0 aliphatic heterocycles. The summed E-state index contributed by atoms with van der Waals surface area (Å²) in [6.45, 7) is 5.76. The lowest BCUT2D eigenvalue weighted by Crippen LogP contribution is -2.37. The van der Waals surface area contributed by atoms with Crippen molar-refractivity contribution >= 4 is 11.6 Å². The molecule has 214 valence electrons. The standard InChI is InChI=1S/C31H33FN4O5/c1-17(16-37)33-14-24-26(32)12-20(13-28(24)41-5)21-8-6-9-22(18(21)2)23-10-7-11-27(19(23)3)35-29(38)25-15-34-31(40)36(4)30(25)39/h6-13,15,17,33,37H,14,16H2,1-5H3,(H,34,40)(H,35,38)/t17-/m0/s1. The van der Waals surface area contributed by atoms with Crippen LogP contribution in [0.5, 0.6) is 5.75 Å². The Morgan fingerprint density at radius 3 is 2.41 bits per heavy atom. The summed E-state index contributed by atoms with van der Waals surface area (Å²) in [7, 11) is 2.79. The van der Waals surface area contributed by atoms with Gasteiger partial charge < -0.3 is 25.5 Å². The zero-order valence-electron chi connectivity index (χ0n) is 23.6. The first-order valence-electron chi connectivity index (χ1n) is 13.1. The van der Waals surface area contributed by atoms with Gasteiger partial charge in [0.25, 0.3) is 11.5 Å². The van der Waals surface area contributed by atoms with Crippen LogP contribution < -0.4 is 26.6 Å². The van der Waals surface area contributed by atoms with Crippen LogP contribution in [0.1, 0.15) is 34.0 Å². The van der Waals surface area contributed by atoms with E-state index in [1.807, 2.05) is 38.1 Å². The Kier molecular flexibility index (Phi) is 8.85. The van der Waals surface area contributed by atoms with Crippen LogP contribution in [0.15, 0.2) is 64.3 Å². The van der Waals surface area contributed by atoms with Gasteiger partial charge in [-0.15, -0.1) is 0 Å². The number of H-pyrrole nitrogens is 1. The number of aromatic nitrogens is 2. The van der Waals surface area contributed by atoms with Crippen molar-refractivity contribution in [1.82, 2.24) is 14.9 Å². The lowest BCUT2D eigenvalue weighted by atomic mass is 9.90. The number of carbonyl (C=O) groups excluding carboxylic acids is 1. The van der Waals surface area contributed by atoms with Gasteiger partial charge >= 0.3 is 5.69 Å². The highest BCUT2D eigenvalue weighted by Gasteiger charge is 2.19. The molecule has 1 amide bonds. The summed E-state index contributed by atoms with van der Waals surface area (Å²) in [4.78, 5) is 39.4. The number of nitrogens with one attached hydrogen (secondary N) is 3. The molecule has 0 unspecified atom stereocenters. The highest BCUT2D eigenvalue weighted by Crippen LogP contribution is 2.37. The number of amides is 1. The molecule has 4 rings (SSSR count). The average molecular weight is 561 g/mol. The average Bonchev–Trinajstić information content (AvgIpc) is 2.96.